The average Bonchev–Trinajstić information content (AvgIpc) is 1.56. The predicted molar refractivity (Wildman–Crippen MR) is 518 cm³/mol. The molecule has 0 aliphatic carbocycles. The molecule has 0 unspecified atom stereocenters. The van der Waals surface area contributed by atoms with Gasteiger partial charge in [-0.1, -0.05) is 84.5 Å². The van der Waals surface area contributed by atoms with E-state index in [1.807, 2.05) is 134 Å². The number of rotatable bonds is 18. The van der Waals surface area contributed by atoms with Gasteiger partial charge in [0.1, 0.15) is 74.0 Å². The van der Waals surface area contributed by atoms with Gasteiger partial charge < -0.3 is 63.3 Å². The molecule has 0 saturated heterocycles. The number of carboxylic acid groups (broad SMARTS) is 1. The maximum absolute atomic E-state index is 13.9. The van der Waals surface area contributed by atoms with Gasteiger partial charge in [-0.15, -0.1) is 0 Å². The van der Waals surface area contributed by atoms with Gasteiger partial charge in [0.05, 0.1) is 88.2 Å². The minimum absolute atomic E-state index is 0. The number of carbonyl (C=O) groups is 6. The summed E-state index contributed by atoms with van der Waals surface area (Å²) in [5.41, 5.74) is 16.1. The Bertz CT molecular complexity index is 6540. The molecule has 6 aromatic carbocycles. The fourth-order valence-electron chi connectivity index (χ4n) is 15.5. The average molecular weight is 1970 g/mol. The van der Waals surface area contributed by atoms with Gasteiger partial charge in [-0.3, -0.25) is 47.2 Å². The first-order chi connectivity index (χ1) is 62.0. The molecule has 39 heteroatoms. The number of likely N-dealkylation sites (N-methyl/N-ethyl adjacent to an activating group) is 1. The number of aromatic nitrogens is 12. The van der Waals surface area contributed by atoms with E-state index in [0.29, 0.717) is 155 Å². The van der Waals surface area contributed by atoms with Gasteiger partial charge in [-0.25, -0.2) is 14.0 Å². The Labute approximate surface area is 828 Å². The Morgan fingerprint density at radius 3 is 0.904 bits per heavy atom. The van der Waals surface area contributed by atoms with Gasteiger partial charge in [0.15, 0.2) is 17.1 Å². The maximum Gasteiger partial charge on any atom is 1.00 e. The molecule has 0 radical (unpaired) electrons. The summed E-state index contributed by atoms with van der Waals surface area (Å²) in [6.45, 7) is 29.0. The fraction of sp³-hybridized carbons (Fsp3) is 0.375. The van der Waals surface area contributed by atoms with Crippen molar-refractivity contribution in [1.82, 2.24) is 78.3 Å². The van der Waals surface area contributed by atoms with Crippen molar-refractivity contribution in [2.45, 2.75) is 175 Å². The zero-order chi connectivity index (χ0) is 97.0. The van der Waals surface area contributed by atoms with Gasteiger partial charge in [0, 0.05) is 184 Å². The van der Waals surface area contributed by atoms with Gasteiger partial charge in [-0.05, 0) is 177 Å². The van der Waals surface area contributed by atoms with Gasteiger partial charge in [0.2, 0.25) is 5.91 Å². The Balaban J connectivity index is 0.000000243. The smallest absolute Gasteiger partial charge is 0.870 e. The number of nitrogens with zero attached hydrogens (tertiary/aromatic N) is 16. The summed E-state index contributed by atoms with van der Waals surface area (Å²) in [6, 6.07) is 26.6. The number of hydrogen-bond donors (Lipinski definition) is 1. The van der Waals surface area contributed by atoms with Crippen molar-refractivity contribution in [1.29, 1.82) is 0 Å². The standard InChI is InChI=1S/C32H36Cl2N6O4.C31H33Cl2N5O5.C30H31Cl2N5O5.CH3F.2CH4.Li.H2O/c1-17-28(18(2)39(35-17)15-27(41)37(6)7)22-13-23-26(14-25(22)43-9)44-16-24-29(31(42)38(8)32(3,4)5)36-40(30(23)24)21-11-19(33)10-20(34)12-21;1-16-27(17(2)37(34-16)14-26(39)42-8)21-12-22-25(13-24(21)41-7)43-15-23-28(30(40)36(6)31(3,4)5)35-38(29(22)23)20-10-18(32)9-19(33)11-20;1-15-26(16(2)36(33-15)13-25(38)39)20-11-21-24(12-23(20)41-7)42-14-22-27(29(40)35(6)30(3,4)5)34-37(28(21)22)19-9-17(31)8-18(32)10-19;1-2;;;;/h10-14H,15-16H2,1-9H3;9-13H,14-15H2,1-8H3;8-12H,13-14H2,1-7H3,(H,38,39);1H3;2*1H4;;1H2/q;;;;;;+1;/p-1/i;;;1D;;;;. The third-order valence-electron chi connectivity index (χ3n) is 23.1. The van der Waals surface area contributed by atoms with Crippen molar-refractivity contribution in [2.24, 2.45) is 0 Å². The maximum atomic E-state index is 13.9. The number of methoxy groups -OCH3 is 4. The molecule has 0 spiro atoms. The monoisotopic (exact) mass is 1970 g/mol. The molecule has 716 valence electrons. The topological polar surface area (TPSA) is 337 Å². The number of carboxylic acids is 1. The van der Waals surface area contributed by atoms with Crippen LogP contribution in [-0.2, 0) is 58.6 Å². The van der Waals surface area contributed by atoms with E-state index in [-0.39, 0.29) is 119 Å². The predicted octanol–water partition coefficient (Wildman–Crippen LogP) is 17.3. The van der Waals surface area contributed by atoms with Crippen molar-refractivity contribution in [2.75, 3.05) is 70.8 Å². The molecule has 3 aliphatic rings. The van der Waals surface area contributed by atoms with Crippen LogP contribution in [0, 0.1) is 41.5 Å². The van der Waals surface area contributed by atoms with Crippen molar-refractivity contribution in [3.05, 3.63) is 189 Å². The van der Waals surface area contributed by atoms with Gasteiger partial charge in [0.25, 0.3) is 17.7 Å². The second kappa shape index (κ2) is 42.8. The molecule has 0 atom stereocenters. The minimum Gasteiger partial charge on any atom is -0.870 e. The molecule has 4 amide bonds. The normalized spacial score (nSPS) is 11.9. The number of aryl methyl sites for hydroxylation is 3. The second-order valence-corrected chi connectivity index (χ2v) is 37.2. The largest absolute Gasteiger partial charge is 1.00 e. The van der Waals surface area contributed by atoms with Crippen LogP contribution in [0.1, 0.15) is 161 Å². The van der Waals surface area contributed by atoms with E-state index in [2.05, 4.69) is 15.3 Å². The molecule has 0 fully saturated rings. The molecular weight excluding hydrogens is 1860 g/mol. The van der Waals surface area contributed by atoms with Gasteiger partial charge >= 0.3 is 30.8 Å². The van der Waals surface area contributed by atoms with Crippen molar-refractivity contribution >= 4 is 105 Å². The van der Waals surface area contributed by atoms with Gasteiger partial charge in [-0.2, -0.15) is 30.6 Å². The molecule has 0 saturated carbocycles. The third kappa shape index (κ3) is 21.8. The zero-order valence-corrected chi connectivity index (χ0v) is 83.1. The van der Waals surface area contributed by atoms with Crippen LogP contribution in [0.25, 0.3) is 84.2 Å². The Morgan fingerprint density at radius 2 is 0.674 bits per heavy atom. The Morgan fingerprint density at radius 1 is 0.422 bits per heavy atom. The number of aliphatic carboxylic acids is 1. The molecular formula is C96H112Cl6FLiN16O15. The molecule has 9 heterocycles. The molecule has 3 aliphatic heterocycles. The molecule has 15 rings (SSSR count). The summed E-state index contributed by atoms with van der Waals surface area (Å²) in [4.78, 5) is 84.0. The second-order valence-electron chi connectivity index (χ2n) is 34.6. The van der Waals surface area contributed by atoms with Crippen molar-refractivity contribution < 1.29 is 97.1 Å². The van der Waals surface area contributed by atoms with Crippen LogP contribution in [0.5, 0.6) is 34.5 Å². The van der Waals surface area contributed by atoms with E-state index >= 15 is 0 Å². The van der Waals surface area contributed by atoms with Crippen LogP contribution in [0.3, 0.4) is 0 Å². The molecule has 135 heavy (non-hydrogen) atoms. The molecule has 31 nitrogen and oxygen atoms in total. The van der Waals surface area contributed by atoms with Crippen LogP contribution < -0.4 is 47.3 Å². The number of benzene rings is 6. The number of amides is 4. The van der Waals surface area contributed by atoms with Crippen LogP contribution in [0.4, 0.5) is 4.39 Å². The number of fused-ring (bicyclic) bond motifs is 9. The first-order valence-electron chi connectivity index (χ1n) is 41.8. The first-order valence-corrected chi connectivity index (χ1v) is 43.4. The minimum atomic E-state index is -1.00. The van der Waals surface area contributed by atoms with Crippen LogP contribution >= 0.6 is 69.6 Å². The summed E-state index contributed by atoms with van der Waals surface area (Å²) in [5, 5.41) is 40.2. The van der Waals surface area contributed by atoms with Crippen molar-refractivity contribution in [3.63, 3.8) is 0 Å². The summed E-state index contributed by atoms with van der Waals surface area (Å²) < 4.78 is 66.3. The first kappa shape index (κ1) is 107. The number of hydrogen-bond acceptors (Lipinski definition) is 20. The summed E-state index contributed by atoms with van der Waals surface area (Å²) >= 11 is 38.4. The van der Waals surface area contributed by atoms with E-state index in [1.54, 1.807) is 155 Å². The molecule has 2 N–H and O–H groups in total. The van der Waals surface area contributed by atoms with Crippen LogP contribution in [-0.4, -0.2) is 212 Å². The Hall–Kier alpha value is -11.6. The number of halogens is 7. The van der Waals surface area contributed by atoms with E-state index in [1.165, 1.54) is 16.7 Å². The van der Waals surface area contributed by atoms with Crippen LogP contribution in [0.15, 0.2) is 91.0 Å². The van der Waals surface area contributed by atoms with E-state index in [4.69, 9.17) is 119 Å². The van der Waals surface area contributed by atoms with E-state index in [0.717, 1.165) is 44.9 Å². The van der Waals surface area contributed by atoms with E-state index < -0.39 is 35.7 Å². The fourth-order valence-corrected chi connectivity index (χ4v) is 17.0. The summed E-state index contributed by atoms with van der Waals surface area (Å²) in [5.74, 6) is 1.12. The summed E-state index contributed by atoms with van der Waals surface area (Å²) in [6.07, 6.45) is 0. The number of alkyl halides is 1. The zero-order valence-electron chi connectivity index (χ0n) is 79.6. The van der Waals surface area contributed by atoms with E-state index in [9.17, 15) is 38.3 Å². The van der Waals surface area contributed by atoms with Crippen molar-refractivity contribution in [3.8, 4) is 119 Å². The summed E-state index contributed by atoms with van der Waals surface area (Å²) in [7, 11) is 13.8. The SMILES string of the molecule is C.C.COC(=O)Cn1nc(C)c(-c2cc3c(cc2OC)OCc2c(C(=O)N(C)C(C)(C)C)nn(-c4cc(Cl)cc(Cl)c4)c2-3)c1C.COc1cc2c(cc1-c1c(C)nn(CC(=O)N(C)C)c1C)-c1c(c(C(=O)N(C)C(C)(C)C)nn1-c1cc(Cl)cc(Cl)c1)CO2.COc1cc2c(cc1-c1c(C)nn(CC(=O)O)c1C)-c1c(c(C(=O)N(C)C(C)(C)C)nn1-c1cc(Cl)cc(Cl)c1)CO2.[2H]CF.[Li+].[OH-]. The quantitative estimate of drug-likeness (QED) is 0.0616. The molecule has 12 aromatic rings. The number of ether oxygens (including phenoxy) is 7. The van der Waals surface area contributed by atoms with Crippen LogP contribution in [0.2, 0.25) is 30.1 Å². The number of esters is 1. The Kier molecular flexibility index (Phi) is 33.9. The molecule has 6 aromatic heterocycles. The molecule has 0 bridgehead atoms. The third-order valence-corrected chi connectivity index (χ3v) is 24.4. The number of carbonyl (C=O) groups excluding carboxylic acids is 5.